The highest BCUT2D eigenvalue weighted by molar-refractivity contribution is 7.22. The first kappa shape index (κ1) is 23.2. The standard InChI is InChI=1S/C22H24FN3O3S.ClH/c1-3-25(4-2)8-9-26(21(27)15-6-5-7-16(23)12-15)22-24-17-13-18-19(14-20(17)30-22)29-11-10-28-18;/h5-7,12-14H,3-4,8-11H2,1-2H3;1H. The second-order valence-electron chi connectivity index (χ2n) is 6.95. The molecule has 2 heterocycles. The monoisotopic (exact) mass is 465 g/mol. The zero-order valence-electron chi connectivity index (χ0n) is 17.5. The molecule has 0 saturated carbocycles. The number of nitrogens with zero attached hydrogens (tertiary/aromatic N) is 3. The molecule has 0 saturated heterocycles. The van der Waals surface area contributed by atoms with Crippen molar-refractivity contribution in [2.45, 2.75) is 13.8 Å². The van der Waals surface area contributed by atoms with Crippen LogP contribution in [0.2, 0.25) is 0 Å². The summed E-state index contributed by atoms with van der Waals surface area (Å²) in [4.78, 5) is 21.8. The minimum atomic E-state index is -0.434. The van der Waals surface area contributed by atoms with Gasteiger partial charge in [-0.1, -0.05) is 31.3 Å². The average Bonchev–Trinajstić information content (AvgIpc) is 3.17. The number of carbonyl (C=O) groups is 1. The van der Waals surface area contributed by atoms with Crippen molar-refractivity contribution in [1.29, 1.82) is 0 Å². The van der Waals surface area contributed by atoms with Gasteiger partial charge in [0.05, 0.1) is 10.2 Å². The van der Waals surface area contributed by atoms with Crippen LogP contribution in [0.5, 0.6) is 11.5 Å². The quantitative estimate of drug-likeness (QED) is 0.509. The van der Waals surface area contributed by atoms with Crippen LogP contribution in [0.15, 0.2) is 36.4 Å². The van der Waals surface area contributed by atoms with E-state index in [9.17, 15) is 9.18 Å². The van der Waals surface area contributed by atoms with E-state index in [0.717, 1.165) is 23.3 Å². The van der Waals surface area contributed by atoms with Gasteiger partial charge in [-0.15, -0.1) is 12.4 Å². The van der Waals surface area contributed by atoms with Crippen molar-refractivity contribution in [3.05, 3.63) is 47.8 Å². The van der Waals surface area contributed by atoms with Gasteiger partial charge in [0.1, 0.15) is 19.0 Å². The number of rotatable bonds is 7. The Balaban J connectivity index is 0.00000272. The molecule has 166 valence electrons. The molecule has 2 aromatic carbocycles. The predicted molar refractivity (Wildman–Crippen MR) is 124 cm³/mol. The highest BCUT2D eigenvalue weighted by Crippen LogP contribution is 2.39. The fraction of sp³-hybridized carbons (Fsp3) is 0.364. The fourth-order valence-corrected chi connectivity index (χ4v) is 4.41. The van der Waals surface area contributed by atoms with Gasteiger partial charge in [0.2, 0.25) is 0 Å². The van der Waals surface area contributed by atoms with Gasteiger partial charge in [-0.25, -0.2) is 9.37 Å². The molecule has 4 rings (SSSR count). The number of amides is 1. The minimum Gasteiger partial charge on any atom is -0.486 e. The third-order valence-corrected chi connectivity index (χ3v) is 6.16. The zero-order valence-corrected chi connectivity index (χ0v) is 19.1. The molecule has 0 N–H and O–H groups in total. The molecule has 31 heavy (non-hydrogen) atoms. The van der Waals surface area contributed by atoms with E-state index in [1.54, 1.807) is 17.0 Å². The van der Waals surface area contributed by atoms with Crippen LogP contribution in [0.3, 0.4) is 0 Å². The van der Waals surface area contributed by atoms with Crippen LogP contribution in [0, 0.1) is 5.82 Å². The summed E-state index contributed by atoms with van der Waals surface area (Å²) in [6, 6.07) is 9.52. The van der Waals surface area contributed by atoms with Gasteiger partial charge in [-0.05, 0) is 31.3 Å². The van der Waals surface area contributed by atoms with Gasteiger partial charge in [-0.2, -0.15) is 0 Å². The van der Waals surface area contributed by atoms with E-state index < -0.39 is 5.82 Å². The lowest BCUT2D eigenvalue weighted by Gasteiger charge is -2.24. The Morgan fingerprint density at radius 1 is 1.10 bits per heavy atom. The number of hydrogen-bond donors (Lipinski definition) is 0. The first-order valence-electron chi connectivity index (χ1n) is 10.1. The Bertz CT molecular complexity index is 1010. The smallest absolute Gasteiger partial charge is 0.260 e. The number of aromatic nitrogens is 1. The van der Waals surface area contributed by atoms with Crippen molar-refractivity contribution in [1.82, 2.24) is 9.88 Å². The normalized spacial score (nSPS) is 12.6. The van der Waals surface area contributed by atoms with Crippen LogP contribution >= 0.6 is 23.7 Å². The van der Waals surface area contributed by atoms with Crippen LogP contribution in [-0.4, -0.2) is 55.2 Å². The van der Waals surface area contributed by atoms with Gasteiger partial charge in [0.15, 0.2) is 16.6 Å². The van der Waals surface area contributed by atoms with Crippen LogP contribution in [0.1, 0.15) is 24.2 Å². The summed E-state index contributed by atoms with van der Waals surface area (Å²) in [7, 11) is 0. The fourth-order valence-electron chi connectivity index (χ4n) is 3.41. The molecule has 0 aliphatic carbocycles. The molecule has 0 fully saturated rings. The van der Waals surface area contributed by atoms with Crippen LogP contribution in [0.4, 0.5) is 9.52 Å². The lowest BCUT2D eigenvalue weighted by molar-refractivity contribution is 0.0983. The number of benzene rings is 2. The maximum atomic E-state index is 13.7. The van der Waals surface area contributed by atoms with Crippen LogP contribution in [-0.2, 0) is 0 Å². The van der Waals surface area contributed by atoms with E-state index in [4.69, 9.17) is 14.5 Å². The molecular weight excluding hydrogens is 441 g/mol. The first-order valence-corrected chi connectivity index (χ1v) is 10.9. The summed E-state index contributed by atoms with van der Waals surface area (Å²) < 4.78 is 26.0. The van der Waals surface area contributed by atoms with Crippen LogP contribution < -0.4 is 14.4 Å². The molecule has 1 aliphatic heterocycles. The molecule has 0 unspecified atom stereocenters. The maximum absolute atomic E-state index is 13.7. The molecule has 0 atom stereocenters. The maximum Gasteiger partial charge on any atom is 0.260 e. The molecule has 9 heteroatoms. The topological polar surface area (TPSA) is 54.9 Å². The van der Waals surface area contributed by atoms with Gasteiger partial charge in [0, 0.05) is 30.8 Å². The Hall–Kier alpha value is -2.42. The lowest BCUT2D eigenvalue weighted by Crippen LogP contribution is -2.38. The number of ether oxygens (including phenoxy) is 2. The Morgan fingerprint density at radius 3 is 2.48 bits per heavy atom. The van der Waals surface area contributed by atoms with Gasteiger partial charge in [-0.3, -0.25) is 9.69 Å². The molecule has 3 aromatic rings. The summed E-state index contributed by atoms with van der Waals surface area (Å²) in [6.07, 6.45) is 0. The average molecular weight is 466 g/mol. The number of anilines is 1. The molecule has 1 aromatic heterocycles. The van der Waals surface area contributed by atoms with E-state index in [0.29, 0.717) is 48.5 Å². The van der Waals surface area contributed by atoms with Gasteiger partial charge < -0.3 is 14.4 Å². The summed E-state index contributed by atoms with van der Waals surface area (Å²) in [6.45, 7) is 8.13. The molecular formula is C22H25ClFN3O3S. The number of likely N-dealkylation sites (N-methyl/N-ethyl adjacent to an activating group) is 1. The minimum absolute atomic E-state index is 0. The van der Waals surface area contributed by atoms with Crippen molar-refractivity contribution < 1.29 is 18.7 Å². The van der Waals surface area contributed by atoms with E-state index >= 15 is 0 Å². The Morgan fingerprint density at radius 2 is 1.81 bits per heavy atom. The van der Waals surface area contributed by atoms with E-state index in [1.165, 1.54) is 23.5 Å². The Labute approximate surface area is 191 Å². The third kappa shape index (κ3) is 5.08. The van der Waals surface area contributed by atoms with Gasteiger partial charge >= 0.3 is 0 Å². The SMILES string of the molecule is CCN(CC)CCN(C(=O)c1cccc(F)c1)c1nc2cc3c(cc2s1)OCCO3.Cl. The van der Waals surface area contributed by atoms with Crippen molar-refractivity contribution in [2.75, 3.05) is 44.3 Å². The van der Waals surface area contributed by atoms with Crippen molar-refractivity contribution in [3.8, 4) is 11.5 Å². The number of halogens is 2. The van der Waals surface area contributed by atoms with Crippen molar-refractivity contribution in [3.63, 3.8) is 0 Å². The van der Waals surface area contributed by atoms with E-state index in [-0.39, 0.29) is 18.3 Å². The summed E-state index contributed by atoms with van der Waals surface area (Å²) in [5, 5.41) is 0.578. The van der Waals surface area contributed by atoms with Crippen molar-refractivity contribution in [2.24, 2.45) is 0 Å². The molecule has 0 radical (unpaired) electrons. The lowest BCUT2D eigenvalue weighted by atomic mass is 10.2. The molecule has 0 spiro atoms. The van der Waals surface area contributed by atoms with E-state index in [1.807, 2.05) is 12.1 Å². The largest absolute Gasteiger partial charge is 0.486 e. The second kappa shape index (κ2) is 10.3. The summed E-state index contributed by atoms with van der Waals surface area (Å²) in [5.74, 6) is 0.653. The molecule has 0 bridgehead atoms. The first-order chi connectivity index (χ1) is 14.6. The highest BCUT2D eigenvalue weighted by atomic mass is 35.5. The third-order valence-electron chi connectivity index (χ3n) is 5.12. The van der Waals surface area contributed by atoms with Gasteiger partial charge in [0.25, 0.3) is 5.91 Å². The molecule has 1 amide bonds. The zero-order chi connectivity index (χ0) is 21.1. The number of fused-ring (bicyclic) bond motifs is 2. The Kier molecular flexibility index (Phi) is 7.69. The van der Waals surface area contributed by atoms with Crippen molar-refractivity contribution >= 4 is 45.0 Å². The summed E-state index contributed by atoms with van der Waals surface area (Å²) >= 11 is 1.42. The van der Waals surface area contributed by atoms with E-state index in [2.05, 4.69) is 18.7 Å². The molecule has 6 nitrogen and oxygen atoms in total. The van der Waals surface area contributed by atoms with Crippen LogP contribution in [0.25, 0.3) is 10.2 Å². The predicted octanol–water partition coefficient (Wildman–Crippen LogP) is 4.62. The number of hydrogen-bond acceptors (Lipinski definition) is 6. The summed E-state index contributed by atoms with van der Waals surface area (Å²) in [5.41, 5.74) is 1.05. The molecule has 1 aliphatic rings. The highest BCUT2D eigenvalue weighted by Gasteiger charge is 2.23. The number of thiazole rings is 1. The number of carbonyl (C=O) groups excluding carboxylic acids is 1. The second-order valence-corrected chi connectivity index (χ2v) is 7.96.